The Morgan fingerprint density at radius 1 is 1.30 bits per heavy atom. The molecule has 1 aromatic rings. The Labute approximate surface area is 119 Å². The summed E-state index contributed by atoms with van der Waals surface area (Å²) in [5, 5.41) is 11.8. The van der Waals surface area contributed by atoms with Crippen LogP contribution in [0.1, 0.15) is 25.8 Å². The highest BCUT2D eigenvalue weighted by atomic mass is 16.4. The highest BCUT2D eigenvalue weighted by Gasteiger charge is 2.29. The molecule has 0 radical (unpaired) electrons. The molecule has 5 heteroatoms. The van der Waals surface area contributed by atoms with Gasteiger partial charge < -0.3 is 16.2 Å². The molecule has 0 heterocycles. The van der Waals surface area contributed by atoms with Gasteiger partial charge in [-0.25, -0.2) is 4.79 Å². The predicted molar refractivity (Wildman–Crippen MR) is 77.2 cm³/mol. The molecule has 0 saturated heterocycles. The molecule has 20 heavy (non-hydrogen) atoms. The quantitative estimate of drug-likeness (QED) is 0.698. The fourth-order valence-electron chi connectivity index (χ4n) is 1.66. The van der Waals surface area contributed by atoms with Crippen LogP contribution >= 0.6 is 0 Å². The van der Waals surface area contributed by atoms with Crippen molar-refractivity contribution in [2.24, 2.45) is 11.1 Å². The summed E-state index contributed by atoms with van der Waals surface area (Å²) in [4.78, 5) is 23.2. The Balaban J connectivity index is 2.62. The lowest BCUT2D eigenvalue weighted by atomic mass is 9.92. The van der Waals surface area contributed by atoms with Crippen LogP contribution in [0.4, 0.5) is 0 Å². The van der Waals surface area contributed by atoms with Crippen LogP contribution in [0.3, 0.4) is 0 Å². The van der Waals surface area contributed by atoms with Gasteiger partial charge in [0.15, 0.2) is 0 Å². The minimum absolute atomic E-state index is 0.170. The normalized spacial score (nSPS) is 12.8. The molecular weight excluding hydrogens is 256 g/mol. The second-order valence-electron chi connectivity index (χ2n) is 5.48. The fourth-order valence-corrected chi connectivity index (χ4v) is 1.66. The number of carbonyl (C=O) groups excluding carboxylic acids is 1. The molecule has 0 aromatic heterocycles. The van der Waals surface area contributed by atoms with Crippen LogP contribution in [0.25, 0.3) is 0 Å². The van der Waals surface area contributed by atoms with Gasteiger partial charge in [0, 0.05) is 6.54 Å². The second kappa shape index (κ2) is 7.05. The zero-order valence-corrected chi connectivity index (χ0v) is 11.9. The van der Waals surface area contributed by atoms with E-state index in [2.05, 4.69) is 5.32 Å². The number of rotatable bonds is 7. The number of benzene rings is 1. The summed E-state index contributed by atoms with van der Waals surface area (Å²) in [6.07, 6.45) is 0.951. The van der Waals surface area contributed by atoms with E-state index in [1.54, 1.807) is 13.8 Å². The van der Waals surface area contributed by atoms with E-state index in [-0.39, 0.29) is 12.5 Å². The number of nitrogens with two attached hydrogens (primary N) is 1. The maximum Gasteiger partial charge on any atom is 0.326 e. The summed E-state index contributed by atoms with van der Waals surface area (Å²) in [5.41, 5.74) is 5.80. The number of hydrogen-bond donors (Lipinski definition) is 3. The van der Waals surface area contributed by atoms with Crippen molar-refractivity contribution in [2.45, 2.75) is 32.7 Å². The van der Waals surface area contributed by atoms with Gasteiger partial charge in [0.25, 0.3) is 0 Å². The molecule has 5 nitrogen and oxygen atoms in total. The Kier molecular flexibility index (Phi) is 5.70. The van der Waals surface area contributed by atoms with E-state index in [1.807, 2.05) is 30.3 Å². The fraction of sp³-hybridized carbons (Fsp3) is 0.467. The first-order chi connectivity index (χ1) is 9.36. The Hall–Kier alpha value is -1.88. The summed E-state index contributed by atoms with van der Waals surface area (Å²) in [6.45, 7) is 3.56. The SMILES string of the molecule is CC(C)(CN)C(=O)N[C@@H](CCc1ccccc1)C(=O)O. The van der Waals surface area contributed by atoms with Gasteiger partial charge in [0.2, 0.25) is 5.91 Å². The molecule has 0 aliphatic carbocycles. The highest BCUT2D eigenvalue weighted by Crippen LogP contribution is 2.14. The second-order valence-corrected chi connectivity index (χ2v) is 5.48. The van der Waals surface area contributed by atoms with Crippen LogP contribution in [0, 0.1) is 5.41 Å². The first-order valence-corrected chi connectivity index (χ1v) is 6.64. The summed E-state index contributed by atoms with van der Waals surface area (Å²) in [6, 6.07) is 8.69. The van der Waals surface area contributed by atoms with Gasteiger partial charge in [-0.1, -0.05) is 30.3 Å². The summed E-state index contributed by atoms with van der Waals surface area (Å²) < 4.78 is 0. The number of nitrogens with one attached hydrogen (secondary N) is 1. The zero-order valence-electron chi connectivity index (χ0n) is 11.9. The molecule has 0 spiro atoms. The molecule has 0 saturated carbocycles. The molecule has 110 valence electrons. The molecule has 0 fully saturated rings. The van der Waals surface area contributed by atoms with Gasteiger partial charge >= 0.3 is 5.97 Å². The molecular formula is C15H22N2O3. The molecule has 1 atom stereocenters. The van der Waals surface area contributed by atoms with Crippen molar-refractivity contribution in [1.82, 2.24) is 5.32 Å². The zero-order chi connectivity index (χ0) is 15.2. The number of amides is 1. The van der Waals surface area contributed by atoms with Crippen molar-refractivity contribution in [3.8, 4) is 0 Å². The first kappa shape index (κ1) is 16.2. The summed E-state index contributed by atoms with van der Waals surface area (Å²) >= 11 is 0. The van der Waals surface area contributed by atoms with Crippen LogP contribution in [-0.4, -0.2) is 29.6 Å². The van der Waals surface area contributed by atoms with Crippen LogP contribution in [0.5, 0.6) is 0 Å². The van der Waals surface area contributed by atoms with Crippen LogP contribution in [-0.2, 0) is 16.0 Å². The lowest BCUT2D eigenvalue weighted by molar-refractivity contribution is -0.143. The number of aliphatic carboxylic acids is 1. The maximum absolute atomic E-state index is 12.0. The monoisotopic (exact) mass is 278 g/mol. The predicted octanol–water partition coefficient (Wildman–Crippen LogP) is 1.17. The van der Waals surface area contributed by atoms with Crippen molar-refractivity contribution < 1.29 is 14.7 Å². The van der Waals surface area contributed by atoms with Crippen molar-refractivity contribution >= 4 is 11.9 Å². The standard InChI is InChI=1S/C15H22N2O3/c1-15(2,10-16)14(20)17-12(13(18)19)9-8-11-6-4-3-5-7-11/h3-7,12H,8-10,16H2,1-2H3,(H,17,20)(H,18,19)/t12-/m0/s1. The minimum atomic E-state index is -1.03. The Bertz CT molecular complexity index is 457. The van der Waals surface area contributed by atoms with E-state index >= 15 is 0 Å². The lowest BCUT2D eigenvalue weighted by Crippen LogP contribution is -2.49. The van der Waals surface area contributed by atoms with E-state index in [0.717, 1.165) is 5.56 Å². The molecule has 4 N–H and O–H groups in total. The van der Waals surface area contributed by atoms with Gasteiger partial charge in [-0.3, -0.25) is 4.79 Å². The third-order valence-electron chi connectivity index (χ3n) is 3.29. The Morgan fingerprint density at radius 3 is 2.40 bits per heavy atom. The van der Waals surface area contributed by atoms with Gasteiger partial charge in [-0.05, 0) is 32.3 Å². The number of carbonyl (C=O) groups is 2. The van der Waals surface area contributed by atoms with E-state index in [1.165, 1.54) is 0 Å². The van der Waals surface area contributed by atoms with Gasteiger partial charge in [0.05, 0.1) is 5.41 Å². The molecule has 1 rings (SSSR count). The van der Waals surface area contributed by atoms with Crippen molar-refractivity contribution in [3.63, 3.8) is 0 Å². The smallest absolute Gasteiger partial charge is 0.326 e. The average Bonchev–Trinajstić information content (AvgIpc) is 2.43. The molecule has 1 aromatic carbocycles. The van der Waals surface area contributed by atoms with E-state index in [4.69, 9.17) is 5.73 Å². The van der Waals surface area contributed by atoms with Crippen molar-refractivity contribution in [2.75, 3.05) is 6.54 Å². The van der Waals surface area contributed by atoms with E-state index < -0.39 is 17.4 Å². The molecule has 0 unspecified atom stereocenters. The highest BCUT2D eigenvalue weighted by molar-refractivity contribution is 5.87. The third kappa shape index (κ3) is 4.66. The number of carboxylic acids is 1. The van der Waals surface area contributed by atoms with E-state index in [9.17, 15) is 14.7 Å². The van der Waals surface area contributed by atoms with Gasteiger partial charge in [0.1, 0.15) is 6.04 Å². The number of carboxylic acid groups (broad SMARTS) is 1. The molecule has 0 bridgehead atoms. The third-order valence-corrected chi connectivity index (χ3v) is 3.29. The lowest BCUT2D eigenvalue weighted by Gasteiger charge is -2.24. The molecule has 0 aliphatic rings. The van der Waals surface area contributed by atoms with Crippen LogP contribution in [0.2, 0.25) is 0 Å². The van der Waals surface area contributed by atoms with Gasteiger partial charge in [-0.2, -0.15) is 0 Å². The van der Waals surface area contributed by atoms with Crippen LogP contribution < -0.4 is 11.1 Å². The topological polar surface area (TPSA) is 92.4 Å². The summed E-state index contributed by atoms with van der Waals surface area (Å²) in [7, 11) is 0. The summed E-state index contributed by atoms with van der Waals surface area (Å²) in [5.74, 6) is -1.36. The Morgan fingerprint density at radius 2 is 1.90 bits per heavy atom. The largest absolute Gasteiger partial charge is 0.480 e. The first-order valence-electron chi connectivity index (χ1n) is 6.64. The van der Waals surface area contributed by atoms with Crippen LogP contribution in [0.15, 0.2) is 30.3 Å². The average molecular weight is 278 g/mol. The van der Waals surface area contributed by atoms with Gasteiger partial charge in [-0.15, -0.1) is 0 Å². The minimum Gasteiger partial charge on any atom is -0.480 e. The number of hydrogen-bond acceptors (Lipinski definition) is 3. The van der Waals surface area contributed by atoms with Crippen molar-refractivity contribution in [3.05, 3.63) is 35.9 Å². The molecule has 0 aliphatic heterocycles. The van der Waals surface area contributed by atoms with E-state index in [0.29, 0.717) is 12.8 Å². The maximum atomic E-state index is 12.0. The van der Waals surface area contributed by atoms with Crippen molar-refractivity contribution in [1.29, 1.82) is 0 Å². The number of aryl methyl sites for hydroxylation is 1. The molecule has 1 amide bonds.